The number of anilines is 3. The standard InChI is InChI=1S/C56H38N2/c1-2-14-39(15-3-1)42-32-34-47(35-33-42)57(48-20-12-21-49(38-48)58-53-25-10-8-22-51(53)52-23-9-11-26-54(52)58)55-27-13-24-50(45-30-28-40-16-4-6-18-43(40)36-45)56(55)46-31-29-41-17-5-7-19-44(41)37-46/h1-38H. The molecule has 1 aromatic heterocycles. The molecule has 0 N–H and O–H groups in total. The molecule has 0 radical (unpaired) electrons. The van der Waals surface area contributed by atoms with Gasteiger partial charge in [-0.25, -0.2) is 0 Å². The summed E-state index contributed by atoms with van der Waals surface area (Å²) >= 11 is 0. The number of fused-ring (bicyclic) bond motifs is 5. The van der Waals surface area contributed by atoms with Gasteiger partial charge in [0.15, 0.2) is 0 Å². The lowest BCUT2D eigenvalue weighted by atomic mass is 9.90. The second-order valence-corrected chi connectivity index (χ2v) is 15.0. The molecule has 2 nitrogen and oxygen atoms in total. The van der Waals surface area contributed by atoms with Crippen molar-refractivity contribution >= 4 is 60.4 Å². The highest BCUT2D eigenvalue weighted by molar-refractivity contribution is 6.09. The Morgan fingerprint density at radius 1 is 0.310 bits per heavy atom. The van der Waals surface area contributed by atoms with Crippen LogP contribution in [0.15, 0.2) is 231 Å². The van der Waals surface area contributed by atoms with Crippen molar-refractivity contribution in [1.82, 2.24) is 4.57 Å². The summed E-state index contributed by atoms with van der Waals surface area (Å²) < 4.78 is 2.40. The first-order chi connectivity index (χ1) is 28.8. The van der Waals surface area contributed by atoms with Gasteiger partial charge >= 0.3 is 0 Å². The molecule has 11 aromatic rings. The molecule has 0 amide bonds. The van der Waals surface area contributed by atoms with Gasteiger partial charge in [-0.3, -0.25) is 0 Å². The minimum atomic E-state index is 1.07. The van der Waals surface area contributed by atoms with E-state index in [0.717, 1.165) is 22.7 Å². The Bertz CT molecular complexity index is 3230. The van der Waals surface area contributed by atoms with Crippen molar-refractivity contribution in [2.24, 2.45) is 0 Å². The molecule has 11 rings (SSSR count). The van der Waals surface area contributed by atoms with E-state index in [9.17, 15) is 0 Å². The van der Waals surface area contributed by atoms with Crippen LogP contribution in [0.5, 0.6) is 0 Å². The fourth-order valence-electron chi connectivity index (χ4n) is 8.80. The molecular formula is C56H38N2. The van der Waals surface area contributed by atoms with Gasteiger partial charge in [0.25, 0.3) is 0 Å². The summed E-state index contributed by atoms with van der Waals surface area (Å²) in [5.74, 6) is 0. The molecule has 272 valence electrons. The van der Waals surface area contributed by atoms with Crippen LogP contribution < -0.4 is 4.90 Å². The third kappa shape index (κ3) is 5.82. The summed E-state index contributed by atoms with van der Waals surface area (Å²) in [5, 5.41) is 7.39. The van der Waals surface area contributed by atoms with Crippen LogP contribution in [0.2, 0.25) is 0 Å². The highest BCUT2D eigenvalue weighted by atomic mass is 15.1. The fraction of sp³-hybridized carbons (Fsp3) is 0. The van der Waals surface area contributed by atoms with E-state index < -0.39 is 0 Å². The van der Waals surface area contributed by atoms with E-state index in [-0.39, 0.29) is 0 Å². The Kier molecular flexibility index (Phi) is 8.19. The number of nitrogens with zero attached hydrogens (tertiary/aromatic N) is 2. The quantitative estimate of drug-likeness (QED) is 0.158. The van der Waals surface area contributed by atoms with Crippen LogP contribution in [-0.4, -0.2) is 4.57 Å². The number of hydrogen-bond donors (Lipinski definition) is 0. The van der Waals surface area contributed by atoms with E-state index in [0.29, 0.717) is 0 Å². The summed E-state index contributed by atoms with van der Waals surface area (Å²) in [6.45, 7) is 0. The third-order valence-electron chi connectivity index (χ3n) is 11.5. The van der Waals surface area contributed by atoms with Gasteiger partial charge in [-0.2, -0.15) is 0 Å². The van der Waals surface area contributed by atoms with Gasteiger partial charge < -0.3 is 9.47 Å². The minimum Gasteiger partial charge on any atom is -0.310 e. The summed E-state index contributed by atoms with van der Waals surface area (Å²) in [5.41, 5.74) is 13.8. The van der Waals surface area contributed by atoms with E-state index in [1.54, 1.807) is 0 Å². The van der Waals surface area contributed by atoms with Gasteiger partial charge in [-0.15, -0.1) is 0 Å². The molecule has 0 atom stereocenters. The van der Waals surface area contributed by atoms with Crippen LogP contribution >= 0.6 is 0 Å². The molecule has 0 aliphatic rings. The monoisotopic (exact) mass is 738 g/mol. The fourth-order valence-corrected chi connectivity index (χ4v) is 8.80. The highest BCUT2D eigenvalue weighted by Gasteiger charge is 2.22. The van der Waals surface area contributed by atoms with E-state index in [4.69, 9.17) is 0 Å². The number of hydrogen-bond acceptors (Lipinski definition) is 1. The molecular weight excluding hydrogens is 701 g/mol. The highest BCUT2D eigenvalue weighted by Crippen LogP contribution is 2.47. The molecule has 0 spiro atoms. The SMILES string of the molecule is c1ccc(-c2ccc(N(c3cccc(-n4c5ccccc5c5ccccc54)c3)c3cccc(-c4ccc5ccccc5c4)c3-c3ccc4ccccc4c3)cc2)cc1. The first kappa shape index (κ1) is 33.6. The molecule has 0 unspecified atom stereocenters. The molecule has 1 heterocycles. The molecule has 0 saturated heterocycles. The van der Waals surface area contributed by atoms with Crippen molar-refractivity contribution in [3.8, 4) is 39.1 Å². The molecule has 0 aliphatic heterocycles. The molecule has 10 aromatic carbocycles. The summed E-state index contributed by atoms with van der Waals surface area (Å²) in [4.78, 5) is 2.45. The van der Waals surface area contributed by atoms with Crippen LogP contribution in [0.25, 0.3) is 82.4 Å². The average Bonchev–Trinajstić information content (AvgIpc) is 3.64. The smallest absolute Gasteiger partial charge is 0.0546 e. The topological polar surface area (TPSA) is 8.17 Å². The number of para-hydroxylation sites is 2. The van der Waals surface area contributed by atoms with Crippen LogP contribution in [0, 0.1) is 0 Å². The van der Waals surface area contributed by atoms with Crippen molar-refractivity contribution in [2.75, 3.05) is 4.90 Å². The van der Waals surface area contributed by atoms with Crippen molar-refractivity contribution < 1.29 is 0 Å². The molecule has 2 heteroatoms. The molecule has 0 fully saturated rings. The average molecular weight is 739 g/mol. The van der Waals surface area contributed by atoms with Gasteiger partial charge in [0.1, 0.15) is 0 Å². The maximum absolute atomic E-state index is 2.45. The Labute approximate surface area is 338 Å². The lowest BCUT2D eigenvalue weighted by molar-refractivity contribution is 1.17. The lowest BCUT2D eigenvalue weighted by Crippen LogP contribution is -2.12. The van der Waals surface area contributed by atoms with Gasteiger partial charge in [0, 0.05) is 33.4 Å². The summed E-state index contributed by atoms with van der Waals surface area (Å²) in [7, 11) is 0. The second kappa shape index (κ2) is 14.1. The van der Waals surface area contributed by atoms with Gasteiger partial charge in [0.2, 0.25) is 0 Å². The van der Waals surface area contributed by atoms with E-state index >= 15 is 0 Å². The van der Waals surface area contributed by atoms with Gasteiger partial charge in [-0.05, 0) is 110 Å². The van der Waals surface area contributed by atoms with E-state index in [1.807, 2.05) is 0 Å². The zero-order valence-corrected chi connectivity index (χ0v) is 31.8. The van der Waals surface area contributed by atoms with Gasteiger partial charge in [0.05, 0.1) is 16.7 Å². The second-order valence-electron chi connectivity index (χ2n) is 15.0. The summed E-state index contributed by atoms with van der Waals surface area (Å²) in [6, 6.07) is 83.9. The molecule has 0 saturated carbocycles. The zero-order valence-electron chi connectivity index (χ0n) is 31.8. The van der Waals surface area contributed by atoms with E-state index in [1.165, 1.54) is 76.7 Å². The van der Waals surface area contributed by atoms with Crippen molar-refractivity contribution in [3.05, 3.63) is 231 Å². The normalized spacial score (nSPS) is 11.4. The Morgan fingerprint density at radius 2 is 0.845 bits per heavy atom. The summed E-state index contributed by atoms with van der Waals surface area (Å²) in [6.07, 6.45) is 0. The molecule has 0 aliphatic carbocycles. The molecule has 0 bridgehead atoms. The van der Waals surface area contributed by atoms with Crippen molar-refractivity contribution in [2.45, 2.75) is 0 Å². The van der Waals surface area contributed by atoms with Crippen LogP contribution in [0.1, 0.15) is 0 Å². The van der Waals surface area contributed by atoms with E-state index in [2.05, 4.69) is 240 Å². The molecule has 58 heavy (non-hydrogen) atoms. The first-order valence-electron chi connectivity index (χ1n) is 19.9. The van der Waals surface area contributed by atoms with Crippen molar-refractivity contribution in [1.29, 1.82) is 0 Å². The van der Waals surface area contributed by atoms with Crippen molar-refractivity contribution in [3.63, 3.8) is 0 Å². The van der Waals surface area contributed by atoms with Crippen LogP contribution in [0.4, 0.5) is 17.1 Å². The maximum atomic E-state index is 2.45. The Hall–Kier alpha value is -7.68. The first-order valence-corrected chi connectivity index (χ1v) is 19.9. The number of aromatic nitrogens is 1. The minimum absolute atomic E-state index is 1.07. The maximum Gasteiger partial charge on any atom is 0.0546 e. The Morgan fingerprint density at radius 3 is 1.53 bits per heavy atom. The zero-order chi connectivity index (χ0) is 38.4. The predicted molar refractivity (Wildman–Crippen MR) is 247 cm³/mol. The van der Waals surface area contributed by atoms with Gasteiger partial charge in [-0.1, -0.05) is 170 Å². The lowest BCUT2D eigenvalue weighted by Gasteiger charge is -2.30. The number of rotatable bonds is 7. The Balaban J connectivity index is 1.18. The third-order valence-corrected chi connectivity index (χ3v) is 11.5. The largest absolute Gasteiger partial charge is 0.310 e. The van der Waals surface area contributed by atoms with Crippen LogP contribution in [-0.2, 0) is 0 Å². The van der Waals surface area contributed by atoms with Crippen LogP contribution in [0.3, 0.4) is 0 Å². The predicted octanol–water partition coefficient (Wildman–Crippen LogP) is 15.6. The number of benzene rings is 10.